The third-order valence-electron chi connectivity index (χ3n) is 2.01. The number of aryl methyl sites for hydroxylation is 2. The standard InChI is InChI=1S/C10H13NO2/c1-6-4-9(5-12)7(2)11-10(6)8(3)13/h4,12H,5H2,1-3H3. The number of rotatable bonds is 2. The monoisotopic (exact) mass is 179 g/mol. The van der Waals surface area contributed by atoms with E-state index in [1.54, 1.807) is 13.0 Å². The fourth-order valence-corrected chi connectivity index (χ4v) is 1.28. The summed E-state index contributed by atoms with van der Waals surface area (Å²) in [5.41, 5.74) is 2.82. The first-order chi connectivity index (χ1) is 6.06. The lowest BCUT2D eigenvalue weighted by molar-refractivity contribution is 0.101. The summed E-state index contributed by atoms with van der Waals surface area (Å²) in [6.07, 6.45) is 0. The Morgan fingerprint density at radius 2 is 2.15 bits per heavy atom. The Kier molecular flexibility index (Phi) is 2.78. The molecular weight excluding hydrogens is 166 g/mol. The van der Waals surface area contributed by atoms with Crippen LogP contribution in [0.4, 0.5) is 0 Å². The number of hydrogen-bond acceptors (Lipinski definition) is 3. The van der Waals surface area contributed by atoms with Crippen molar-refractivity contribution < 1.29 is 9.90 Å². The summed E-state index contributed by atoms with van der Waals surface area (Å²) in [7, 11) is 0. The molecule has 0 saturated heterocycles. The lowest BCUT2D eigenvalue weighted by Gasteiger charge is -2.06. The van der Waals surface area contributed by atoms with Crippen LogP contribution in [-0.4, -0.2) is 15.9 Å². The highest BCUT2D eigenvalue weighted by Gasteiger charge is 2.08. The molecule has 13 heavy (non-hydrogen) atoms. The van der Waals surface area contributed by atoms with Gasteiger partial charge in [0.2, 0.25) is 0 Å². The van der Waals surface area contributed by atoms with Crippen molar-refractivity contribution in [3.05, 3.63) is 28.6 Å². The highest BCUT2D eigenvalue weighted by molar-refractivity contribution is 5.93. The summed E-state index contributed by atoms with van der Waals surface area (Å²) in [4.78, 5) is 15.2. The third kappa shape index (κ3) is 1.92. The van der Waals surface area contributed by atoms with Gasteiger partial charge in [-0.1, -0.05) is 0 Å². The van der Waals surface area contributed by atoms with Crippen LogP contribution in [0, 0.1) is 13.8 Å². The number of Topliss-reactive ketones (excluding diaryl/α,β-unsaturated/α-hetero) is 1. The summed E-state index contributed by atoms with van der Waals surface area (Å²) in [6.45, 7) is 5.07. The minimum atomic E-state index is -0.0370. The van der Waals surface area contributed by atoms with E-state index >= 15 is 0 Å². The first kappa shape index (κ1) is 9.86. The normalized spacial score (nSPS) is 10.2. The van der Waals surface area contributed by atoms with E-state index in [2.05, 4.69) is 4.98 Å². The molecular formula is C10H13NO2. The molecule has 1 aromatic heterocycles. The van der Waals surface area contributed by atoms with Crippen molar-refractivity contribution in [1.82, 2.24) is 4.98 Å². The Bertz CT molecular complexity index is 345. The van der Waals surface area contributed by atoms with Crippen LogP contribution in [0.15, 0.2) is 6.07 Å². The van der Waals surface area contributed by atoms with E-state index in [1.165, 1.54) is 6.92 Å². The molecule has 0 saturated carbocycles. The summed E-state index contributed by atoms with van der Waals surface area (Å²) in [6, 6.07) is 1.80. The second-order valence-electron chi connectivity index (χ2n) is 3.11. The van der Waals surface area contributed by atoms with Gasteiger partial charge < -0.3 is 5.11 Å². The molecule has 0 fully saturated rings. The molecule has 3 nitrogen and oxygen atoms in total. The molecule has 3 heteroatoms. The zero-order valence-electron chi connectivity index (χ0n) is 8.09. The fraction of sp³-hybridized carbons (Fsp3) is 0.400. The minimum absolute atomic E-state index is 0.0299. The van der Waals surface area contributed by atoms with Gasteiger partial charge in [-0.15, -0.1) is 0 Å². The molecule has 0 aliphatic carbocycles. The van der Waals surface area contributed by atoms with Crippen molar-refractivity contribution in [2.45, 2.75) is 27.4 Å². The van der Waals surface area contributed by atoms with Crippen LogP contribution in [0.5, 0.6) is 0 Å². The number of aromatic nitrogens is 1. The van der Waals surface area contributed by atoms with Gasteiger partial charge >= 0.3 is 0 Å². The second-order valence-corrected chi connectivity index (χ2v) is 3.11. The highest BCUT2D eigenvalue weighted by Crippen LogP contribution is 2.12. The predicted molar refractivity (Wildman–Crippen MR) is 49.6 cm³/mol. The molecule has 0 aliphatic heterocycles. The van der Waals surface area contributed by atoms with Gasteiger partial charge in [0.1, 0.15) is 5.69 Å². The second kappa shape index (κ2) is 3.66. The van der Waals surface area contributed by atoms with Gasteiger partial charge in [-0.3, -0.25) is 4.79 Å². The first-order valence-electron chi connectivity index (χ1n) is 4.15. The number of aliphatic hydroxyl groups is 1. The van der Waals surface area contributed by atoms with E-state index in [4.69, 9.17) is 5.11 Å². The predicted octanol–water partition coefficient (Wildman–Crippen LogP) is 1.39. The molecule has 0 aromatic carbocycles. The van der Waals surface area contributed by atoms with E-state index in [-0.39, 0.29) is 12.4 Å². The van der Waals surface area contributed by atoms with Gasteiger partial charge in [0.15, 0.2) is 5.78 Å². The van der Waals surface area contributed by atoms with Crippen LogP contribution in [0.1, 0.15) is 34.2 Å². The van der Waals surface area contributed by atoms with Crippen LogP contribution < -0.4 is 0 Å². The lowest BCUT2D eigenvalue weighted by Crippen LogP contribution is -2.04. The fourth-order valence-electron chi connectivity index (χ4n) is 1.28. The van der Waals surface area contributed by atoms with Crippen molar-refractivity contribution in [3.63, 3.8) is 0 Å². The van der Waals surface area contributed by atoms with Gasteiger partial charge in [-0.2, -0.15) is 0 Å². The molecule has 1 aromatic rings. The van der Waals surface area contributed by atoms with E-state index in [9.17, 15) is 4.79 Å². The number of hydrogen-bond donors (Lipinski definition) is 1. The molecule has 0 spiro atoms. The number of nitrogens with zero attached hydrogens (tertiary/aromatic N) is 1. The van der Waals surface area contributed by atoms with Gasteiger partial charge in [-0.25, -0.2) is 4.98 Å². The van der Waals surface area contributed by atoms with Crippen LogP contribution in [0.2, 0.25) is 0 Å². The summed E-state index contributed by atoms with van der Waals surface area (Å²) in [5, 5.41) is 8.95. The Labute approximate surface area is 77.4 Å². The van der Waals surface area contributed by atoms with E-state index in [0.717, 1.165) is 16.8 Å². The smallest absolute Gasteiger partial charge is 0.178 e. The number of aliphatic hydroxyl groups excluding tert-OH is 1. The van der Waals surface area contributed by atoms with Crippen molar-refractivity contribution >= 4 is 5.78 Å². The molecule has 0 unspecified atom stereocenters. The molecule has 0 bridgehead atoms. The lowest BCUT2D eigenvalue weighted by atomic mass is 10.1. The zero-order chi connectivity index (χ0) is 10.0. The number of carbonyl (C=O) groups is 1. The summed E-state index contributed by atoms with van der Waals surface area (Å²) >= 11 is 0. The van der Waals surface area contributed by atoms with E-state index in [0.29, 0.717) is 5.69 Å². The topological polar surface area (TPSA) is 50.2 Å². The van der Waals surface area contributed by atoms with Crippen LogP contribution in [0.25, 0.3) is 0 Å². The quantitative estimate of drug-likeness (QED) is 0.698. The van der Waals surface area contributed by atoms with Crippen molar-refractivity contribution in [3.8, 4) is 0 Å². The van der Waals surface area contributed by atoms with E-state index in [1.807, 2.05) is 6.92 Å². The Morgan fingerprint density at radius 1 is 1.54 bits per heavy atom. The van der Waals surface area contributed by atoms with Crippen molar-refractivity contribution in [2.75, 3.05) is 0 Å². The van der Waals surface area contributed by atoms with E-state index < -0.39 is 0 Å². The van der Waals surface area contributed by atoms with Crippen LogP contribution in [-0.2, 0) is 6.61 Å². The minimum Gasteiger partial charge on any atom is -0.392 e. The molecule has 1 heterocycles. The van der Waals surface area contributed by atoms with Crippen molar-refractivity contribution in [1.29, 1.82) is 0 Å². The van der Waals surface area contributed by atoms with Gasteiger partial charge in [0, 0.05) is 12.6 Å². The molecule has 1 N–H and O–H groups in total. The Hall–Kier alpha value is -1.22. The number of carbonyl (C=O) groups excluding carboxylic acids is 1. The maximum absolute atomic E-state index is 11.1. The average molecular weight is 179 g/mol. The molecule has 0 atom stereocenters. The van der Waals surface area contributed by atoms with Crippen LogP contribution >= 0.6 is 0 Å². The first-order valence-corrected chi connectivity index (χ1v) is 4.15. The largest absolute Gasteiger partial charge is 0.392 e. The Balaban J connectivity index is 3.28. The zero-order valence-corrected chi connectivity index (χ0v) is 8.09. The summed E-state index contributed by atoms with van der Waals surface area (Å²) in [5.74, 6) is -0.0370. The number of ketones is 1. The maximum Gasteiger partial charge on any atom is 0.178 e. The maximum atomic E-state index is 11.1. The highest BCUT2D eigenvalue weighted by atomic mass is 16.3. The molecule has 0 amide bonds. The van der Waals surface area contributed by atoms with Crippen molar-refractivity contribution in [2.24, 2.45) is 0 Å². The van der Waals surface area contributed by atoms with Gasteiger partial charge in [-0.05, 0) is 31.0 Å². The average Bonchev–Trinajstić information content (AvgIpc) is 2.07. The summed E-state index contributed by atoms with van der Waals surface area (Å²) < 4.78 is 0. The van der Waals surface area contributed by atoms with Gasteiger partial charge in [0.05, 0.1) is 6.61 Å². The number of pyridine rings is 1. The SMILES string of the molecule is CC(=O)c1nc(C)c(CO)cc1C. The molecule has 0 aliphatic rings. The molecule has 1 rings (SSSR count). The van der Waals surface area contributed by atoms with Gasteiger partial charge in [0.25, 0.3) is 0 Å². The molecule has 70 valence electrons. The van der Waals surface area contributed by atoms with Crippen LogP contribution in [0.3, 0.4) is 0 Å². The Morgan fingerprint density at radius 3 is 2.62 bits per heavy atom. The third-order valence-corrected chi connectivity index (χ3v) is 2.01. The molecule has 0 radical (unpaired) electrons.